The Bertz CT molecular complexity index is 886. The Labute approximate surface area is 269 Å². The highest BCUT2D eigenvalue weighted by atomic mass is 28.5. The van der Waals surface area contributed by atoms with Crippen molar-refractivity contribution < 1.29 is 17.7 Å². The van der Waals surface area contributed by atoms with E-state index in [1.54, 1.807) is 0 Å². The molecule has 43 heavy (non-hydrogen) atoms. The first-order valence-electron chi connectivity index (χ1n) is 19.0. The number of epoxide rings is 2. The Morgan fingerprint density at radius 3 is 1.33 bits per heavy atom. The minimum absolute atomic E-state index is 0.216. The molecule has 0 spiro atoms. The predicted octanol–water partition coefficient (Wildman–Crippen LogP) is 10.7. The minimum atomic E-state index is -2.46. The summed E-state index contributed by atoms with van der Waals surface area (Å²) in [5.74, 6) is 3.06. The molecule has 8 atom stereocenters. The normalized spacial score (nSPS) is 39.1. The zero-order valence-corrected chi connectivity index (χ0v) is 32.5. The third-order valence-corrected chi connectivity index (χ3v) is 27.2. The topological polar surface area (TPSA) is 43.5 Å². The van der Waals surface area contributed by atoms with E-state index in [1.807, 2.05) is 0 Å². The maximum absolute atomic E-state index is 8.06. The average molecular weight is 649 g/mol. The van der Waals surface area contributed by atoms with Gasteiger partial charge in [0.05, 0.1) is 23.4 Å². The van der Waals surface area contributed by atoms with Gasteiger partial charge in [0.15, 0.2) is 16.6 Å². The van der Waals surface area contributed by atoms with E-state index in [0.29, 0.717) is 23.3 Å². The highest BCUT2D eigenvalue weighted by molar-refractivity contribution is 6.90. The molecule has 0 amide bonds. The van der Waals surface area contributed by atoms with Crippen molar-refractivity contribution in [2.75, 3.05) is 0 Å². The molecular weight excluding hydrogens is 581 g/mol. The summed E-state index contributed by atoms with van der Waals surface area (Å²) >= 11 is 0. The molecule has 4 saturated carbocycles. The molecule has 0 aromatic heterocycles. The molecule has 0 radical (unpaired) electrons. The highest BCUT2D eigenvalue weighted by Gasteiger charge is 2.60. The molecule has 7 heteroatoms. The van der Waals surface area contributed by atoms with E-state index in [0.717, 1.165) is 23.7 Å². The molecule has 0 N–H and O–H groups in total. The fourth-order valence-electron chi connectivity index (χ4n) is 10.9. The summed E-state index contributed by atoms with van der Waals surface area (Å²) in [6.45, 7) is 20.1. The summed E-state index contributed by atoms with van der Waals surface area (Å²) in [5.41, 5.74) is 1.85. The van der Waals surface area contributed by atoms with E-state index in [2.05, 4.69) is 53.9 Å². The molecule has 2 saturated heterocycles. The van der Waals surface area contributed by atoms with Crippen LogP contribution in [0.3, 0.4) is 0 Å². The van der Waals surface area contributed by atoms with Gasteiger partial charge >= 0.3 is 8.56 Å². The SMILES string of the molecule is CC(C[Si](C)(C)O[Si](O[Si](C)(C)CC(C)C1CCC2(C)OC2C1)(C1CCCCC1)C1CCCCC1)C1CCC2(C)OC2C1. The van der Waals surface area contributed by atoms with Gasteiger partial charge in [-0.15, -0.1) is 0 Å². The molecular formula is C36H68O4Si3. The van der Waals surface area contributed by atoms with Crippen molar-refractivity contribution in [3.63, 3.8) is 0 Å². The lowest BCUT2D eigenvalue weighted by molar-refractivity contribution is 0.252. The van der Waals surface area contributed by atoms with E-state index in [9.17, 15) is 0 Å². The van der Waals surface area contributed by atoms with Crippen molar-refractivity contribution >= 4 is 25.2 Å². The van der Waals surface area contributed by atoms with Crippen molar-refractivity contribution in [1.82, 2.24) is 0 Å². The quantitative estimate of drug-likeness (QED) is 0.156. The molecule has 4 nitrogen and oxygen atoms in total. The highest BCUT2D eigenvalue weighted by Crippen LogP contribution is 2.55. The van der Waals surface area contributed by atoms with Crippen LogP contribution in [0.25, 0.3) is 0 Å². The van der Waals surface area contributed by atoms with Gasteiger partial charge in [-0.3, -0.25) is 0 Å². The zero-order valence-electron chi connectivity index (χ0n) is 29.5. The second kappa shape index (κ2) is 12.5. The summed E-state index contributed by atoms with van der Waals surface area (Å²) in [7, 11) is -6.38. The summed E-state index contributed by atoms with van der Waals surface area (Å²) in [6.07, 6.45) is 22.6. The average Bonchev–Trinajstić information content (AvgIpc) is 3.84. The van der Waals surface area contributed by atoms with Crippen LogP contribution >= 0.6 is 0 Å². The van der Waals surface area contributed by atoms with Crippen LogP contribution < -0.4 is 0 Å². The lowest BCUT2D eigenvalue weighted by atomic mass is 9.77. The van der Waals surface area contributed by atoms with E-state index in [4.69, 9.17) is 17.7 Å². The van der Waals surface area contributed by atoms with Crippen molar-refractivity contribution in [1.29, 1.82) is 0 Å². The second-order valence-electron chi connectivity index (χ2n) is 18.4. The number of hydrogen-bond donors (Lipinski definition) is 0. The maximum Gasteiger partial charge on any atom is 0.324 e. The number of hydrogen-bond acceptors (Lipinski definition) is 4. The van der Waals surface area contributed by atoms with Crippen LogP contribution in [-0.4, -0.2) is 48.6 Å². The number of ether oxygens (including phenoxy) is 2. The minimum Gasteiger partial charge on any atom is -0.436 e. The van der Waals surface area contributed by atoms with Gasteiger partial charge in [-0.05, 0) is 140 Å². The number of fused-ring (bicyclic) bond motifs is 2. The van der Waals surface area contributed by atoms with Crippen LogP contribution in [0.4, 0.5) is 0 Å². The molecule has 6 aliphatic rings. The molecule has 248 valence electrons. The van der Waals surface area contributed by atoms with E-state index >= 15 is 0 Å². The molecule has 6 rings (SSSR count). The van der Waals surface area contributed by atoms with Crippen LogP contribution in [-0.2, 0) is 17.7 Å². The van der Waals surface area contributed by atoms with Gasteiger partial charge in [-0.2, -0.15) is 0 Å². The first-order valence-corrected chi connectivity index (χ1v) is 27.2. The molecule has 0 bridgehead atoms. The lowest BCUT2D eigenvalue weighted by Gasteiger charge is -2.53. The fraction of sp³-hybridized carbons (Fsp3) is 1.00. The van der Waals surface area contributed by atoms with Gasteiger partial charge in [-0.25, -0.2) is 0 Å². The summed E-state index contributed by atoms with van der Waals surface area (Å²) in [4.78, 5) is 0. The Balaban J connectivity index is 1.21. The Morgan fingerprint density at radius 1 is 0.605 bits per heavy atom. The van der Waals surface area contributed by atoms with Gasteiger partial charge in [0.2, 0.25) is 0 Å². The van der Waals surface area contributed by atoms with Crippen LogP contribution in [0.1, 0.15) is 130 Å². The molecule has 0 aromatic rings. The Morgan fingerprint density at radius 2 is 0.977 bits per heavy atom. The van der Waals surface area contributed by atoms with E-state index < -0.39 is 25.2 Å². The zero-order chi connectivity index (χ0) is 30.7. The summed E-state index contributed by atoms with van der Waals surface area (Å²) in [6, 6.07) is 2.58. The summed E-state index contributed by atoms with van der Waals surface area (Å²) < 4.78 is 28.4. The second-order valence-corrected chi connectivity index (χ2v) is 30.9. The van der Waals surface area contributed by atoms with Crippen LogP contribution in [0.15, 0.2) is 0 Å². The third-order valence-electron chi connectivity index (χ3n) is 13.6. The fourth-order valence-corrected chi connectivity index (χ4v) is 28.6. The molecule has 2 aliphatic heterocycles. The Kier molecular flexibility index (Phi) is 9.71. The van der Waals surface area contributed by atoms with Crippen molar-refractivity contribution in [3.8, 4) is 0 Å². The van der Waals surface area contributed by atoms with Crippen molar-refractivity contribution in [2.45, 2.75) is 203 Å². The monoisotopic (exact) mass is 648 g/mol. The molecule has 8 unspecified atom stereocenters. The Hall–Kier alpha value is 0.491. The molecule has 6 fully saturated rings. The maximum atomic E-state index is 8.06. The van der Waals surface area contributed by atoms with Gasteiger partial charge in [0, 0.05) is 11.1 Å². The molecule has 0 aromatic carbocycles. The van der Waals surface area contributed by atoms with Gasteiger partial charge < -0.3 is 17.7 Å². The molecule has 2 heterocycles. The summed E-state index contributed by atoms with van der Waals surface area (Å²) in [5, 5.41) is 0. The van der Waals surface area contributed by atoms with Crippen LogP contribution in [0, 0.1) is 23.7 Å². The third kappa shape index (κ3) is 7.48. The van der Waals surface area contributed by atoms with Gasteiger partial charge in [0.25, 0.3) is 0 Å². The van der Waals surface area contributed by atoms with Crippen LogP contribution in [0.5, 0.6) is 0 Å². The van der Waals surface area contributed by atoms with Gasteiger partial charge in [0.1, 0.15) is 0 Å². The first kappa shape index (κ1) is 33.4. The number of rotatable bonds is 12. The van der Waals surface area contributed by atoms with E-state index in [-0.39, 0.29) is 11.2 Å². The van der Waals surface area contributed by atoms with E-state index in [1.165, 1.54) is 115 Å². The smallest absolute Gasteiger partial charge is 0.324 e. The molecule has 4 aliphatic carbocycles. The predicted molar refractivity (Wildman–Crippen MR) is 186 cm³/mol. The van der Waals surface area contributed by atoms with Crippen molar-refractivity contribution in [3.05, 3.63) is 0 Å². The van der Waals surface area contributed by atoms with Gasteiger partial charge in [-0.1, -0.05) is 52.4 Å². The van der Waals surface area contributed by atoms with Crippen molar-refractivity contribution in [2.24, 2.45) is 23.7 Å². The van der Waals surface area contributed by atoms with Crippen LogP contribution in [0.2, 0.25) is 49.4 Å². The lowest BCUT2D eigenvalue weighted by Crippen LogP contribution is -2.62. The standard InChI is InChI=1S/C36H68O4Si3/c1-27(29-19-21-35(3)33(23-29)37-35)25-41(5,6)39-43(31-15-11-9-12-16-31,32-17-13-10-14-18-32)40-42(7,8)26-28(2)30-20-22-36(4)34(24-30)38-36/h27-34H,9-26H2,1-8H3. The first-order chi connectivity index (χ1) is 20.2. The largest absolute Gasteiger partial charge is 0.436 e.